The highest BCUT2D eigenvalue weighted by molar-refractivity contribution is 8.26. The minimum absolute atomic E-state index is 0.0614. The molecule has 1 heterocycles. The molecule has 0 saturated carbocycles. The number of hydrogen-bond acceptors (Lipinski definition) is 4. The molecule has 2 aromatic rings. The van der Waals surface area contributed by atoms with Gasteiger partial charge in [-0.2, -0.15) is 0 Å². The molecule has 2 aromatic carbocycles. The molecule has 0 radical (unpaired) electrons. The second-order valence-electron chi connectivity index (χ2n) is 7.10. The number of nitrogens with one attached hydrogen (secondary N) is 1. The number of amides is 2. The predicted octanol–water partition coefficient (Wildman–Crippen LogP) is 5.48. The Morgan fingerprint density at radius 2 is 1.93 bits per heavy atom. The van der Waals surface area contributed by atoms with E-state index in [-0.39, 0.29) is 11.8 Å². The van der Waals surface area contributed by atoms with Crippen molar-refractivity contribution in [2.24, 2.45) is 0 Å². The number of thioether (sulfide) groups is 1. The van der Waals surface area contributed by atoms with E-state index < -0.39 is 0 Å². The van der Waals surface area contributed by atoms with Crippen LogP contribution in [0.4, 0.5) is 5.69 Å². The summed E-state index contributed by atoms with van der Waals surface area (Å²) in [5.41, 5.74) is 4.09. The summed E-state index contributed by atoms with van der Waals surface area (Å²) in [6, 6.07) is 15.8. The maximum Gasteiger partial charge on any atom is 0.266 e. The van der Waals surface area contributed by atoms with Crippen LogP contribution in [-0.4, -0.2) is 27.6 Å². The Morgan fingerprint density at radius 1 is 1.17 bits per heavy atom. The first-order chi connectivity index (χ1) is 14.4. The zero-order valence-electron chi connectivity index (χ0n) is 17.1. The minimum Gasteiger partial charge on any atom is -0.326 e. The van der Waals surface area contributed by atoms with Crippen LogP contribution in [0.3, 0.4) is 0 Å². The monoisotopic (exact) mass is 436 g/mol. The summed E-state index contributed by atoms with van der Waals surface area (Å²) < 4.78 is 0.536. The first-order valence-corrected chi connectivity index (χ1v) is 11.0. The second-order valence-corrected chi connectivity index (χ2v) is 8.77. The van der Waals surface area contributed by atoms with Crippen molar-refractivity contribution in [2.45, 2.75) is 26.7 Å². The zero-order chi connectivity index (χ0) is 21.5. The number of nitrogens with zero attached hydrogens (tertiary/aromatic N) is 1. The molecule has 4 nitrogen and oxygen atoms in total. The molecule has 1 aliphatic rings. The normalized spacial score (nSPS) is 15.4. The maximum atomic E-state index is 12.6. The molecule has 0 aliphatic carbocycles. The van der Waals surface area contributed by atoms with Crippen LogP contribution in [0.15, 0.2) is 65.6 Å². The lowest BCUT2D eigenvalue weighted by Gasteiger charge is -2.14. The number of allylic oxidation sites excluding steroid dienone is 2. The molecule has 0 bridgehead atoms. The molecule has 0 atom stereocenters. The van der Waals surface area contributed by atoms with Gasteiger partial charge in [0.2, 0.25) is 5.91 Å². The van der Waals surface area contributed by atoms with E-state index in [1.54, 1.807) is 11.0 Å². The quantitative estimate of drug-likeness (QED) is 0.461. The molecule has 2 amide bonds. The van der Waals surface area contributed by atoms with E-state index in [1.807, 2.05) is 74.5 Å². The van der Waals surface area contributed by atoms with Gasteiger partial charge >= 0.3 is 0 Å². The Hall–Kier alpha value is -2.70. The van der Waals surface area contributed by atoms with Crippen LogP contribution < -0.4 is 5.32 Å². The van der Waals surface area contributed by atoms with Gasteiger partial charge < -0.3 is 5.32 Å². The number of thiocarbonyl (C=S) groups is 1. The van der Waals surface area contributed by atoms with Crippen LogP contribution >= 0.6 is 24.0 Å². The van der Waals surface area contributed by atoms with Crippen molar-refractivity contribution in [3.05, 3.63) is 82.3 Å². The number of rotatable bonds is 7. The molecule has 30 heavy (non-hydrogen) atoms. The lowest BCUT2D eigenvalue weighted by molar-refractivity contribution is -0.122. The van der Waals surface area contributed by atoms with Crippen LogP contribution in [0.25, 0.3) is 6.08 Å². The number of anilines is 1. The average molecular weight is 437 g/mol. The SMILES string of the molecule is Cc1ccc(NC(=O)CCCN2C(=O)C(=CC=Cc3ccccc3)SC2=S)c(C)c1. The summed E-state index contributed by atoms with van der Waals surface area (Å²) >= 11 is 6.65. The molecule has 1 saturated heterocycles. The lowest BCUT2D eigenvalue weighted by atomic mass is 10.1. The van der Waals surface area contributed by atoms with E-state index in [0.717, 1.165) is 22.4 Å². The Balaban J connectivity index is 1.50. The van der Waals surface area contributed by atoms with Gasteiger partial charge in [-0.05, 0) is 43.5 Å². The molecule has 3 rings (SSSR count). The van der Waals surface area contributed by atoms with Crippen LogP contribution in [0, 0.1) is 13.8 Å². The second kappa shape index (κ2) is 10.4. The topological polar surface area (TPSA) is 49.4 Å². The van der Waals surface area contributed by atoms with Gasteiger partial charge in [-0.15, -0.1) is 0 Å². The van der Waals surface area contributed by atoms with Crippen molar-refractivity contribution in [2.75, 3.05) is 11.9 Å². The third-order valence-electron chi connectivity index (χ3n) is 4.65. The fraction of sp³-hybridized carbons (Fsp3) is 0.208. The zero-order valence-corrected chi connectivity index (χ0v) is 18.7. The molecule has 6 heteroatoms. The van der Waals surface area contributed by atoms with Crippen molar-refractivity contribution < 1.29 is 9.59 Å². The first kappa shape index (κ1) is 22.0. The number of hydrogen-bond donors (Lipinski definition) is 1. The first-order valence-electron chi connectivity index (χ1n) is 9.78. The summed E-state index contributed by atoms with van der Waals surface area (Å²) in [5, 5.41) is 2.94. The van der Waals surface area contributed by atoms with Crippen LogP contribution in [-0.2, 0) is 9.59 Å². The molecule has 1 aliphatic heterocycles. The van der Waals surface area contributed by atoms with E-state index in [2.05, 4.69) is 5.32 Å². The van der Waals surface area contributed by atoms with E-state index >= 15 is 0 Å². The van der Waals surface area contributed by atoms with Crippen molar-refractivity contribution >= 4 is 51.9 Å². The summed E-state index contributed by atoms with van der Waals surface area (Å²) in [6.07, 6.45) is 6.48. The average Bonchev–Trinajstić information content (AvgIpc) is 2.98. The van der Waals surface area contributed by atoms with Crippen molar-refractivity contribution in [3.63, 3.8) is 0 Å². The van der Waals surface area contributed by atoms with Gasteiger partial charge in [-0.1, -0.05) is 84.2 Å². The number of aryl methyl sites for hydroxylation is 2. The summed E-state index contributed by atoms with van der Waals surface area (Å²) in [7, 11) is 0. The van der Waals surface area contributed by atoms with Gasteiger partial charge in [0.05, 0.1) is 4.91 Å². The van der Waals surface area contributed by atoms with Gasteiger partial charge in [0.25, 0.3) is 5.91 Å². The van der Waals surface area contributed by atoms with Crippen LogP contribution in [0.2, 0.25) is 0 Å². The van der Waals surface area contributed by atoms with Gasteiger partial charge in [-0.25, -0.2) is 0 Å². The van der Waals surface area contributed by atoms with Crippen molar-refractivity contribution in [1.29, 1.82) is 0 Å². The van der Waals surface area contributed by atoms with E-state index in [0.29, 0.717) is 28.6 Å². The third-order valence-corrected chi connectivity index (χ3v) is 6.05. The minimum atomic E-state index is -0.0995. The molecule has 1 fully saturated rings. The molecule has 0 unspecified atom stereocenters. The summed E-state index contributed by atoms with van der Waals surface area (Å²) in [5.74, 6) is -0.161. The molecule has 0 spiro atoms. The molecule has 1 N–H and O–H groups in total. The maximum absolute atomic E-state index is 12.6. The van der Waals surface area contributed by atoms with Gasteiger partial charge in [-0.3, -0.25) is 14.5 Å². The fourth-order valence-corrected chi connectivity index (χ4v) is 4.34. The highest BCUT2D eigenvalue weighted by atomic mass is 32.2. The standard InChI is InChI=1S/C24H24N2O2S2/c1-17-13-14-20(18(2)16-17)25-22(27)12-7-15-26-23(28)21(30-24(26)29)11-6-10-19-8-4-3-5-9-19/h3-6,8-11,13-14,16H,7,12,15H2,1-2H3,(H,25,27). The Kier molecular flexibility index (Phi) is 7.60. The fourth-order valence-electron chi connectivity index (χ4n) is 3.08. The number of carbonyl (C=O) groups excluding carboxylic acids is 2. The largest absolute Gasteiger partial charge is 0.326 e. The highest BCUT2D eigenvalue weighted by Crippen LogP contribution is 2.31. The van der Waals surface area contributed by atoms with Crippen LogP contribution in [0.1, 0.15) is 29.5 Å². The van der Waals surface area contributed by atoms with Crippen molar-refractivity contribution in [3.8, 4) is 0 Å². The smallest absolute Gasteiger partial charge is 0.266 e. The van der Waals surface area contributed by atoms with E-state index in [9.17, 15) is 9.59 Å². The van der Waals surface area contributed by atoms with Crippen molar-refractivity contribution in [1.82, 2.24) is 4.90 Å². The van der Waals surface area contributed by atoms with Crippen LogP contribution in [0.5, 0.6) is 0 Å². The number of carbonyl (C=O) groups is 2. The highest BCUT2D eigenvalue weighted by Gasteiger charge is 2.31. The molecular weight excluding hydrogens is 412 g/mol. The van der Waals surface area contributed by atoms with E-state index in [1.165, 1.54) is 11.8 Å². The summed E-state index contributed by atoms with van der Waals surface area (Å²) in [4.78, 5) is 27.0. The van der Waals surface area contributed by atoms with Gasteiger partial charge in [0.15, 0.2) is 0 Å². The Bertz CT molecular complexity index is 1010. The molecule has 0 aromatic heterocycles. The van der Waals surface area contributed by atoms with E-state index in [4.69, 9.17) is 12.2 Å². The molecule has 154 valence electrons. The van der Waals surface area contributed by atoms with Gasteiger partial charge in [0, 0.05) is 18.7 Å². The predicted molar refractivity (Wildman–Crippen MR) is 129 cm³/mol. The summed E-state index contributed by atoms with van der Waals surface area (Å²) in [6.45, 7) is 4.43. The third kappa shape index (κ3) is 5.90. The van der Waals surface area contributed by atoms with Gasteiger partial charge in [0.1, 0.15) is 4.32 Å². The lowest BCUT2D eigenvalue weighted by Crippen LogP contribution is -2.29. The number of benzene rings is 2. The Labute approximate surface area is 187 Å². The molecular formula is C24H24N2O2S2. The Morgan fingerprint density at radius 3 is 2.67 bits per heavy atom.